The van der Waals surface area contributed by atoms with Crippen LogP contribution in [0.5, 0.6) is 0 Å². The molecule has 5 heterocycles. The van der Waals surface area contributed by atoms with Crippen molar-refractivity contribution in [1.29, 1.82) is 0 Å². The van der Waals surface area contributed by atoms with Crippen molar-refractivity contribution >= 4 is 28.7 Å². The number of hydrogen-bond donors (Lipinski definition) is 2. The van der Waals surface area contributed by atoms with Gasteiger partial charge in [0.1, 0.15) is 12.6 Å². The first kappa shape index (κ1) is 21.6. The van der Waals surface area contributed by atoms with Crippen LogP contribution in [-0.4, -0.2) is 61.6 Å². The van der Waals surface area contributed by atoms with Crippen molar-refractivity contribution in [1.82, 2.24) is 24.5 Å². The summed E-state index contributed by atoms with van der Waals surface area (Å²) in [6, 6.07) is 11.9. The van der Waals surface area contributed by atoms with Gasteiger partial charge in [-0.3, -0.25) is 9.69 Å². The molecule has 0 spiro atoms. The molecule has 2 fully saturated rings. The minimum atomic E-state index is -0.629. The van der Waals surface area contributed by atoms with Gasteiger partial charge < -0.3 is 20.4 Å². The molecule has 2 bridgehead atoms. The topological polar surface area (TPSA) is 118 Å². The van der Waals surface area contributed by atoms with Crippen molar-refractivity contribution < 1.29 is 9.21 Å². The molecular formula is C25H28N8O2. The molecule has 2 unspecified atom stereocenters. The summed E-state index contributed by atoms with van der Waals surface area (Å²) in [6.45, 7) is 6.77. The number of nitrogens with two attached hydrogens (primary N) is 1. The van der Waals surface area contributed by atoms with E-state index >= 15 is 0 Å². The first-order chi connectivity index (χ1) is 17.0. The molecule has 2 aliphatic rings. The number of carbonyl (C=O) groups is 1. The Balaban J connectivity index is 1.21. The Kier molecular flexibility index (Phi) is 5.18. The Hall–Kier alpha value is -3.92. The average Bonchev–Trinajstić information content (AvgIpc) is 3.58. The molecule has 2 atom stereocenters. The van der Waals surface area contributed by atoms with Gasteiger partial charge in [-0.15, -0.1) is 0 Å². The third kappa shape index (κ3) is 3.79. The van der Waals surface area contributed by atoms with Crippen molar-refractivity contribution in [2.24, 2.45) is 5.73 Å². The summed E-state index contributed by atoms with van der Waals surface area (Å²) in [4.78, 5) is 25.5. The first-order valence-electron chi connectivity index (χ1n) is 11.9. The quantitative estimate of drug-likeness (QED) is 0.439. The number of nitrogens with one attached hydrogen (secondary N) is 1. The fourth-order valence-electron chi connectivity index (χ4n) is 5.58. The summed E-state index contributed by atoms with van der Waals surface area (Å²) in [5, 5.41) is 7.68. The van der Waals surface area contributed by atoms with Crippen LogP contribution in [0, 0.1) is 0 Å². The van der Waals surface area contributed by atoms with Gasteiger partial charge in [-0.2, -0.15) is 5.10 Å². The second kappa shape index (κ2) is 8.38. The number of fused-ring (bicyclic) bond motifs is 3. The Morgan fingerprint density at radius 3 is 2.54 bits per heavy atom. The molecule has 10 nitrogen and oxygen atoms in total. The molecule has 2 saturated heterocycles. The number of benzene rings is 1. The van der Waals surface area contributed by atoms with Crippen LogP contribution in [0.2, 0.25) is 0 Å². The van der Waals surface area contributed by atoms with Gasteiger partial charge >= 0.3 is 0 Å². The molecule has 2 aliphatic heterocycles. The molecular weight excluding hydrogens is 444 g/mol. The van der Waals surface area contributed by atoms with Gasteiger partial charge in [-0.05, 0) is 57.0 Å². The summed E-state index contributed by atoms with van der Waals surface area (Å²) < 4.78 is 6.90. The van der Waals surface area contributed by atoms with Crippen LogP contribution in [0.25, 0.3) is 16.9 Å². The zero-order chi connectivity index (χ0) is 24.1. The molecule has 10 heteroatoms. The Labute approximate surface area is 202 Å². The van der Waals surface area contributed by atoms with Gasteiger partial charge in [0.15, 0.2) is 17.2 Å². The van der Waals surface area contributed by atoms with E-state index in [4.69, 9.17) is 10.2 Å². The first-order valence-corrected chi connectivity index (χ1v) is 11.9. The highest BCUT2D eigenvalue weighted by atomic mass is 16.3. The summed E-state index contributed by atoms with van der Waals surface area (Å²) in [6.07, 6.45) is 7.17. The lowest BCUT2D eigenvalue weighted by Crippen LogP contribution is -2.56. The minimum absolute atomic E-state index is 0.0779. The third-order valence-corrected chi connectivity index (χ3v) is 7.07. The number of amides is 1. The van der Waals surface area contributed by atoms with Crippen LogP contribution < -0.4 is 16.0 Å². The Morgan fingerprint density at radius 1 is 1.14 bits per heavy atom. The van der Waals surface area contributed by atoms with Gasteiger partial charge in [0.25, 0.3) is 5.91 Å². The summed E-state index contributed by atoms with van der Waals surface area (Å²) in [5.41, 5.74) is 9.32. The van der Waals surface area contributed by atoms with Gasteiger partial charge in [0.2, 0.25) is 0 Å². The van der Waals surface area contributed by atoms with Crippen LogP contribution in [0.1, 0.15) is 37.2 Å². The smallest absolute Gasteiger partial charge is 0.284 e. The molecule has 1 aromatic carbocycles. The maximum Gasteiger partial charge on any atom is 0.284 e. The molecule has 6 rings (SSSR count). The predicted octanol–water partition coefficient (Wildman–Crippen LogP) is 3.29. The molecule has 0 aliphatic carbocycles. The number of rotatable bonds is 6. The normalized spacial score (nSPS) is 20.1. The number of piperazine rings is 1. The van der Waals surface area contributed by atoms with Crippen LogP contribution >= 0.6 is 0 Å². The molecule has 0 saturated carbocycles. The van der Waals surface area contributed by atoms with E-state index in [1.54, 1.807) is 16.8 Å². The van der Waals surface area contributed by atoms with Crippen LogP contribution in [0.4, 0.5) is 17.2 Å². The molecule has 180 valence electrons. The number of anilines is 3. The van der Waals surface area contributed by atoms with Gasteiger partial charge in [0.05, 0.1) is 11.9 Å². The van der Waals surface area contributed by atoms with E-state index in [9.17, 15) is 4.79 Å². The predicted molar refractivity (Wildman–Crippen MR) is 133 cm³/mol. The van der Waals surface area contributed by atoms with Crippen molar-refractivity contribution in [2.75, 3.05) is 23.3 Å². The second-order valence-electron chi connectivity index (χ2n) is 9.55. The second-order valence-corrected chi connectivity index (χ2v) is 9.55. The molecule has 0 radical (unpaired) electrons. The number of carbonyl (C=O) groups excluding carboxylic acids is 1. The van der Waals surface area contributed by atoms with Gasteiger partial charge in [-0.25, -0.2) is 14.5 Å². The highest BCUT2D eigenvalue weighted by Gasteiger charge is 2.40. The van der Waals surface area contributed by atoms with E-state index in [1.165, 1.54) is 31.1 Å². The SMILES string of the molecule is CC(C)N1C2CCC1CN(c1ccc(Nc3ncc(-c4coc(C(N)=O)c4)n4ncnc34)cc1)C2. The van der Waals surface area contributed by atoms with Crippen molar-refractivity contribution in [3.05, 3.63) is 54.9 Å². The zero-order valence-corrected chi connectivity index (χ0v) is 19.8. The Bertz CT molecular complexity index is 1360. The monoisotopic (exact) mass is 472 g/mol. The number of hydrogen-bond acceptors (Lipinski definition) is 8. The summed E-state index contributed by atoms with van der Waals surface area (Å²) in [7, 11) is 0. The maximum absolute atomic E-state index is 11.4. The van der Waals surface area contributed by atoms with E-state index in [2.05, 4.69) is 68.3 Å². The molecule has 3 aromatic heterocycles. The van der Waals surface area contributed by atoms with Gasteiger partial charge in [-0.1, -0.05) is 0 Å². The van der Waals surface area contributed by atoms with Crippen LogP contribution in [0.3, 0.4) is 0 Å². The van der Waals surface area contributed by atoms with Crippen molar-refractivity contribution in [2.45, 2.75) is 44.8 Å². The lowest BCUT2D eigenvalue weighted by atomic mass is 10.1. The van der Waals surface area contributed by atoms with E-state index in [0.29, 0.717) is 40.8 Å². The van der Waals surface area contributed by atoms with Crippen LogP contribution in [0.15, 0.2) is 53.5 Å². The molecule has 3 N–H and O–H groups in total. The van der Waals surface area contributed by atoms with Gasteiger partial charge in [0, 0.05) is 48.2 Å². The fraction of sp³-hybridized carbons (Fsp3) is 0.360. The highest BCUT2D eigenvalue weighted by molar-refractivity contribution is 5.91. The lowest BCUT2D eigenvalue weighted by Gasteiger charge is -2.44. The fourth-order valence-corrected chi connectivity index (χ4v) is 5.58. The summed E-state index contributed by atoms with van der Waals surface area (Å²) >= 11 is 0. The van der Waals surface area contributed by atoms with Crippen LogP contribution in [-0.2, 0) is 0 Å². The standard InChI is InChI=1S/C25H28N8O2/c1-15(2)32-19-7-8-20(32)12-31(11-19)18-5-3-17(4-6-18)30-24-25-28-14-29-33(25)21(10-27-24)16-9-22(23(26)34)35-13-16/h3-6,9-10,13-15,19-20H,7-8,11-12H2,1-2H3,(H2,26,34)(H,27,30). The van der Waals surface area contributed by atoms with Crippen molar-refractivity contribution in [3.63, 3.8) is 0 Å². The largest absolute Gasteiger partial charge is 0.458 e. The third-order valence-electron chi connectivity index (χ3n) is 7.07. The number of primary amides is 1. The maximum atomic E-state index is 11.4. The molecule has 35 heavy (non-hydrogen) atoms. The lowest BCUT2D eigenvalue weighted by molar-refractivity contribution is 0.0974. The average molecular weight is 473 g/mol. The molecule has 1 amide bonds. The van der Waals surface area contributed by atoms with E-state index in [1.807, 2.05) is 0 Å². The van der Waals surface area contributed by atoms with E-state index in [0.717, 1.165) is 18.8 Å². The Morgan fingerprint density at radius 2 is 1.89 bits per heavy atom. The summed E-state index contributed by atoms with van der Waals surface area (Å²) in [5.74, 6) is 0.0330. The highest BCUT2D eigenvalue weighted by Crippen LogP contribution is 2.34. The number of nitrogens with zero attached hydrogens (tertiary/aromatic N) is 6. The van der Waals surface area contributed by atoms with E-state index < -0.39 is 5.91 Å². The zero-order valence-electron chi connectivity index (χ0n) is 19.8. The number of furan rings is 1. The van der Waals surface area contributed by atoms with E-state index in [-0.39, 0.29) is 5.76 Å². The molecule has 4 aromatic rings. The van der Waals surface area contributed by atoms with Crippen molar-refractivity contribution in [3.8, 4) is 11.3 Å². The number of aromatic nitrogens is 4. The minimum Gasteiger partial charge on any atom is -0.458 e.